The number of nitriles is 1. The third-order valence-corrected chi connectivity index (χ3v) is 12.3. The average molecular weight is 865 g/mol. The molecule has 1 unspecified atom stereocenters. The minimum absolute atomic E-state index is 0.0364. The number of aldehydes is 2. The number of rotatable bonds is 15. The molecule has 63 heavy (non-hydrogen) atoms. The molecule has 6 rings (SSSR count). The fourth-order valence-corrected chi connectivity index (χ4v) is 9.35. The Morgan fingerprint density at radius 1 is 0.952 bits per heavy atom. The van der Waals surface area contributed by atoms with Crippen LogP contribution in [0.1, 0.15) is 108 Å². The van der Waals surface area contributed by atoms with Gasteiger partial charge in [0.15, 0.2) is 12.6 Å². The first kappa shape index (κ1) is 50.1. The molecule has 1 aliphatic carbocycles. The number of hydrogen-bond donors (Lipinski definition) is 3. The molecule has 1 saturated carbocycles. The lowest BCUT2D eigenvalue weighted by Gasteiger charge is -2.56. The molecule has 2 saturated heterocycles. The van der Waals surface area contributed by atoms with Crippen LogP contribution in [0.15, 0.2) is 67.3 Å². The highest BCUT2D eigenvalue weighted by Gasteiger charge is 2.55. The molecule has 0 bridgehead atoms. The highest BCUT2D eigenvalue weighted by Crippen LogP contribution is 2.55. The van der Waals surface area contributed by atoms with Crippen LogP contribution in [0.4, 0.5) is 5.69 Å². The number of amides is 2. The maximum Gasteiger partial charge on any atom is 0.248 e. The average Bonchev–Trinajstić information content (AvgIpc) is 3.26. The predicted octanol–water partition coefficient (Wildman–Crippen LogP) is 6.83. The number of nitrogens with two attached hydrogens (primary N) is 1. The molecule has 2 heterocycles. The molecule has 13 nitrogen and oxygen atoms in total. The van der Waals surface area contributed by atoms with E-state index in [1.165, 1.54) is 6.42 Å². The summed E-state index contributed by atoms with van der Waals surface area (Å²) in [5.74, 6) is 1.09. The summed E-state index contributed by atoms with van der Waals surface area (Å²) in [6.45, 7) is 22.0. The molecular weight excluding hydrogens is 797 g/mol. The van der Waals surface area contributed by atoms with Gasteiger partial charge in [0.1, 0.15) is 24.2 Å². The van der Waals surface area contributed by atoms with E-state index in [4.69, 9.17) is 25.2 Å². The quantitative estimate of drug-likeness (QED) is 0.108. The van der Waals surface area contributed by atoms with Crippen LogP contribution in [-0.4, -0.2) is 107 Å². The number of nitrogens with one attached hydrogen (secondary N) is 2. The van der Waals surface area contributed by atoms with E-state index < -0.39 is 5.91 Å². The molecule has 0 aromatic heterocycles. The number of carbonyl (C=O) groups excluding carboxylic acids is 4. The van der Waals surface area contributed by atoms with Crippen LogP contribution in [0.5, 0.6) is 11.5 Å². The molecule has 0 radical (unpaired) electrons. The smallest absolute Gasteiger partial charge is 0.248 e. The summed E-state index contributed by atoms with van der Waals surface area (Å²) in [5.41, 5.74) is 10.7. The maximum absolute atomic E-state index is 11.3. The van der Waals surface area contributed by atoms with Gasteiger partial charge in [-0.05, 0) is 119 Å². The molecule has 3 aromatic carbocycles. The van der Waals surface area contributed by atoms with Gasteiger partial charge in [-0.2, -0.15) is 5.26 Å². The second-order valence-electron chi connectivity index (χ2n) is 18.1. The third-order valence-electron chi connectivity index (χ3n) is 12.3. The van der Waals surface area contributed by atoms with Gasteiger partial charge in [-0.15, -0.1) is 6.58 Å². The van der Waals surface area contributed by atoms with Crippen molar-refractivity contribution < 1.29 is 33.4 Å². The highest BCUT2D eigenvalue weighted by atomic mass is 16.5. The molecule has 4 N–H and O–H groups in total. The van der Waals surface area contributed by atoms with Gasteiger partial charge < -0.3 is 35.5 Å². The largest absolute Gasteiger partial charge is 0.492 e. The minimum Gasteiger partial charge on any atom is -0.492 e. The minimum atomic E-state index is -0.416. The van der Waals surface area contributed by atoms with Crippen molar-refractivity contribution in [3.8, 4) is 17.6 Å². The van der Waals surface area contributed by atoms with Crippen LogP contribution in [0.25, 0.3) is 0 Å². The summed E-state index contributed by atoms with van der Waals surface area (Å²) >= 11 is 0. The van der Waals surface area contributed by atoms with Gasteiger partial charge in [-0.1, -0.05) is 33.8 Å². The monoisotopic (exact) mass is 865 g/mol. The van der Waals surface area contributed by atoms with Crippen LogP contribution in [0.3, 0.4) is 0 Å². The number of hydrogen-bond acceptors (Lipinski definition) is 11. The lowest BCUT2D eigenvalue weighted by Crippen LogP contribution is -2.58. The van der Waals surface area contributed by atoms with E-state index in [9.17, 15) is 19.2 Å². The number of morpholine rings is 1. The van der Waals surface area contributed by atoms with Crippen molar-refractivity contribution in [1.29, 1.82) is 5.26 Å². The lowest BCUT2D eigenvalue weighted by molar-refractivity contribution is -0.133. The summed E-state index contributed by atoms with van der Waals surface area (Å²) in [4.78, 5) is 49.1. The Morgan fingerprint density at radius 3 is 2.11 bits per heavy atom. The normalized spacial score (nSPS) is 17.8. The van der Waals surface area contributed by atoms with Crippen LogP contribution in [-0.2, 0) is 9.53 Å². The first-order valence-electron chi connectivity index (χ1n) is 21.8. The molecule has 3 fully saturated rings. The third kappa shape index (κ3) is 13.5. The van der Waals surface area contributed by atoms with Crippen molar-refractivity contribution in [2.45, 2.75) is 91.4 Å². The topological polar surface area (TPSA) is 176 Å². The van der Waals surface area contributed by atoms with Gasteiger partial charge in [0.2, 0.25) is 11.8 Å². The number of piperidine rings is 1. The van der Waals surface area contributed by atoms with E-state index in [1.54, 1.807) is 44.4 Å². The number of nitrogens with zero attached hydrogens (tertiary/aromatic N) is 3. The second-order valence-corrected chi connectivity index (χ2v) is 18.1. The SMILES string of the molecule is C=CCCC(NC)C(=O)NC.Cc1cc(OC2C(C)(C)CC2(C)C)cc(C)c1C#N.NC(=O)c1ccc(N2CCC3(CC2)CN(CCOc2ccc(C=O)c(C=O)c2)CCO3)cc1. The fourth-order valence-electron chi connectivity index (χ4n) is 9.35. The van der Waals surface area contributed by atoms with Gasteiger partial charge in [0, 0.05) is 73.0 Å². The highest BCUT2D eigenvalue weighted by molar-refractivity contribution is 5.93. The van der Waals surface area contributed by atoms with E-state index in [0.29, 0.717) is 48.2 Å². The number of ether oxygens (including phenoxy) is 3. The summed E-state index contributed by atoms with van der Waals surface area (Å²) in [5, 5.41) is 14.6. The van der Waals surface area contributed by atoms with Gasteiger partial charge >= 0.3 is 0 Å². The van der Waals surface area contributed by atoms with E-state index in [1.807, 2.05) is 44.2 Å². The van der Waals surface area contributed by atoms with Crippen LogP contribution >= 0.6 is 0 Å². The molecule has 2 amide bonds. The number of allylic oxidation sites excluding steroid dienone is 1. The van der Waals surface area contributed by atoms with Crippen molar-refractivity contribution in [2.24, 2.45) is 16.6 Å². The summed E-state index contributed by atoms with van der Waals surface area (Å²) < 4.78 is 18.3. The van der Waals surface area contributed by atoms with Crippen LogP contribution in [0, 0.1) is 36.0 Å². The summed E-state index contributed by atoms with van der Waals surface area (Å²) in [7, 11) is 3.42. The van der Waals surface area contributed by atoms with Crippen molar-refractivity contribution in [3.05, 3.63) is 101 Å². The number of primary amides is 1. The van der Waals surface area contributed by atoms with Crippen molar-refractivity contribution in [2.75, 3.05) is 64.9 Å². The summed E-state index contributed by atoms with van der Waals surface area (Å²) in [6, 6.07) is 18.5. The number of aryl methyl sites for hydroxylation is 2. The number of benzene rings is 3. The molecule has 340 valence electrons. The Balaban J connectivity index is 0.000000244. The second kappa shape index (κ2) is 22.7. The Labute approximate surface area is 374 Å². The number of carbonyl (C=O) groups is 4. The zero-order valence-corrected chi connectivity index (χ0v) is 38.6. The van der Waals surface area contributed by atoms with Gasteiger partial charge in [0.05, 0.1) is 29.9 Å². The number of anilines is 1. The van der Waals surface area contributed by atoms with E-state index in [0.717, 1.165) is 86.5 Å². The van der Waals surface area contributed by atoms with E-state index in [2.05, 4.69) is 60.8 Å². The van der Waals surface area contributed by atoms with Crippen molar-refractivity contribution in [3.63, 3.8) is 0 Å². The van der Waals surface area contributed by atoms with Gasteiger partial charge in [-0.25, -0.2) is 0 Å². The standard InChI is InChI=1S/C25H29N3O5.C17H23NO.C8H16N2O/c26-24(31)19-1-4-22(5-2-19)28-9-7-25(8-10-28)18-27(12-14-33-25)11-13-32-23-6-3-20(16-29)21(15-23)17-30;1-11-7-13(8-12(2)14(11)9-18)19-15-16(3,4)10-17(15,5)6;1-4-5-6-7(9-2)8(11)10-3/h1-6,15-17H,7-14,18H2,(H2,26,31);7-8,15H,10H2,1-6H3;4,7,9H,1,5-6H2,2-3H3,(H,10,11). The maximum atomic E-state index is 11.3. The van der Waals surface area contributed by atoms with Crippen molar-refractivity contribution in [1.82, 2.24) is 15.5 Å². The molecule has 13 heteroatoms. The van der Waals surface area contributed by atoms with E-state index >= 15 is 0 Å². The molecule has 2 aliphatic heterocycles. The summed E-state index contributed by atoms with van der Waals surface area (Å²) in [6.07, 6.45) is 8.08. The Bertz CT molecular complexity index is 2050. The Kier molecular flexibility index (Phi) is 18.0. The molecular formula is C50H68N6O7. The zero-order chi connectivity index (χ0) is 46.4. The molecule has 1 spiro atoms. The van der Waals surface area contributed by atoms with Gasteiger partial charge in [0.25, 0.3) is 0 Å². The zero-order valence-electron chi connectivity index (χ0n) is 38.6. The van der Waals surface area contributed by atoms with E-state index in [-0.39, 0.29) is 34.5 Å². The van der Waals surface area contributed by atoms with Crippen LogP contribution < -0.4 is 30.7 Å². The Morgan fingerprint density at radius 2 is 1.59 bits per heavy atom. The first-order valence-corrected chi connectivity index (χ1v) is 21.8. The predicted molar refractivity (Wildman–Crippen MR) is 248 cm³/mol. The lowest BCUT2D eigenvalue weighted by atomic mass is 9.53. The van der Waals surface area contributed by atoms with Crippen LogP contribution in [0.2, 0.25) is 0 Å². The first-order chi connectivity index (χ1) is 29.9. The molecule has 3 aliphatic rings. The number of likely N-dealkylation sites (N-methyl/N-ethyl adjacent to an activating group) is 2. The fraction of sp³-hybridized carbons (Fsp3) is 0.500. The van der Waals surface area contributed by atoms with Gasteiger partial charge in [-0.3, -0.25) is 24.1 Å². The van der Waals surface area contributed by atoms with Crippen molar-refractivity contribution >= 4 is 30.1 Å². The Hall–Kier alpha value is -5.55. The molecule has 3 aromatic rings. The molecule has 1 atom stereocenters.